The molecule has 4 saturated carbocycles. The minimum Gasteiger partial charge on any atom is -0.383 e. The fourth-order valence-corrected chi connectivity index (χ4v) is 5.68. The highest BCUT2D eigenvalue weighted by Gasteiger charge is 2.50. The van der Waals surface area contributed by atoms with Crippen molar-refractivity contribution in [3.8, 4) is 0 Å². The van der Waals surface area contributed by atoms with Gasteiger partial charge in [0.15, 0.2) is 0 Å². The second-order valence-corrected chi connectivity index (χ2v) is 8.21. The van der Waals surface area contributed by atoms with Crippen molar-refractivity contribution in [2.75, 3.05) is 25.6 Å². The fourth-order valence-electron chi connectivity index (χ4n) is 5.68. The number of nitrogens with one attached hydrogen (secondary N) is 2. The van der Waals surface area contributed by atoms with Crippen LogP contribution in [0.4, 0.5) is 10.5 Å². The van der Waals surface area contributed by atoms with Crippen LogP contribution in [0.3, 0.4) is 0 Å². The van der Waals surface area contributed by atoms with E-state index in [1.807, 2.05) is 6.20 Å². The molecule has 0 saturated heterocycles. The monoisotopic (exact) mass is 332 g/mol. The fraction of sp³-hybridized carbons (Fsp3) is 0.778. The third kappa shape index (κ3) is 3.29. The Hall–Kier alpha value is -1.56. The first-order chi connectivity index (χ1) is 11.6. The van der Waals surface area contributed by atoms with Gasteiger partial charge in [-0.1, -0.05) is 0 Å². The van der Waals surface area contributed by atoms with Gasteiger partial charge in [0.25, 0.3) is 0 Å². The van der Waals surface area contributed by atoms with Crippen molar-refractivity contribution in [1.82, 2.24) is 15.1 Å². The second-order valence-electron chi connectivity index (χ2n) is 8.21. The van der Waals surface area contributed by atoms with E-state index >= 15 is 0 Å². The van der Waals surface area contributed by atoms with Crippen molar-refractivity contribution in [2.45, 2.75) is 45.1 Å². The van der Waals surface area contributed by atoms with Crippen LogP contribution in [0.15, 0.2) is 12.4 Å². The van der Waals surface area contributed by atoms with Gasteiger partial charge in [0.2, 0.25) is 0 Å². The highest BCUT2D eigenvalue weighted by Crippen LogP contribution is 2.59. The summed E-state index contributed by atoms with van der Waals surface area (Å²) in [7, 11) is 1.67. The van der Waals surface area contributed by atoms with Gasteiger partial charge in [-0.15, -0.1) is 0 Å². The number of hydrogen-bond acceptors (Lipinski definition) is 3. The number of hydrogen-bond donors (Lipinski definition) is 2. The molecule has 2 N–H and O–H groups in total. The highest BCUT2D eigenvalue weighted by molar-refractivity contribution is 5.88. The number of aromatic nitrogens is 2. The maximum absolute atomic E-state index is 12.2. The van der Waals surface area contributed by atoms with Gasteiger partial charge in [0, 0.05) is 19.9 Å². The molecule has 0 aliphatic heterocycles. The first kappa shape index (κ1) is 15.9. The van der Waals surface area contributed by atoms with Crippen LogP contribution < -0.4 is 10.6 Å². The van der Waals surface area contributed by atoms with Crippen molar-refractivity contribution >= 4 is 11.7 Å². The predicted molar refractivity (Wildman–Crippen MR) is 91.7 cm³/mol. The van der Waals surface area contributed by atoms with Crippen LogP contribution in [0.1, 0.15) is 38.5 Å². The largest absolute Gasteiger partial charge is 0.383 e. The van der Waals surface area contributed by atoms with Crippen molar-refractivity contribution < 1.29 is 9.53 Å². The Labute approximate surface area is 143 Å². The summed E-state index contributed by atoms with van der Waals surface area (Å²) in [6.45, 7) is 2.12. The number of carbonyl (C=O) groups is 1. The summed E-state index contributed by atoms with van der Waals surface area (Å²) in [5, 5.41) is 10.2. The number of nitrogens with zero attached hydrogens (tertiary/aromatic N) is 2. The van der Waals surface area contributed by atoms with Gasteiger partial charge in [-0.05, 0) is 61.7 Å². The molecule has 132 valence electrons. The average molecular weight is 332 g/mol. The predicted octanol–water partition coefficient (Wildman–Crippen LogP) is 2.87. The number of anilines is 1. The van der Waals surface area contributed by atoms with Crippen molar-refractivity contribution in [2.24, 2.45) is 23.2 Å². The molecule has 0 atom stereocenters. The summed E-state index contributed by atoms with van der Waals surface area (Å²) < 4.78 is 6.81. The molecule has 5 rings (SSSR count). The van der Waals surface area contributed by atoms with Crippen molar-refractivity contribution in [1.29, 1.82) is 0 Å². The zero-order valence-corrected chi connectivity index (χ0v) is 14.5. The van der Waals surface area contributed by atoms with Gasteiger partial charge in [-0.25, -0.2) is 4.79 Å². The van der Waals surface area contributed by atoms with E-state index in [0.717, 1.165) is 30.0 Å². The maximum Gasteiger partial charge on any atom is 0.319 e. The SMILES string of the molecule is COCCn1cc(NC(=O)NCC23CC4CC(CC(C4)C2)C3)cn1. The summed E-state index contributed by atoms with van der Waals surface area (Å²) in [6, 6.07) is -0.114. The second kappa shape index (κ2) is 6.39. The van der Waals surface area contributed by atoms with E-state index in [9.17, 15) is 4.79 Å². The van der Waals surface area contributed by atoms with Crippen molar-refractivity contribution in [3.05, 3.63) is 12.4 Å². The third-order valence-electron chi connectivity index (χ3n) is 6.20. The van der Waals surface area contributed by atoms with Gasteiger partial charge in [-0.2, -0.15) is 5.10 Å². The van der Waals surface area contributed by atoms with Crippen LogP contribution in [0.25, 0.3) is 0 Å². The molecule has 0 radical (unpaired) electrons. The van der Waals surface area contributed by atoms with Crippen LogP contribution >= 0.6 is 0 Å². The topological polar surface area (TPSA) is 68.2 Å². The third-order valence-corrected chi connectivity index (χ3v) is 6.20. The van der Waals surface area contributed by atoms with Crippen LogP contribution in [-0.2, 0) is 11.3 Å². The van der Waals surface area contributed by atoms with E-state index in [0.29, 0.717) is 18.6 Å². The smallest absolute Gasteiger partial charge is 0.319 e. The van der Waals surface area contributed by atoms with Crippen LogP contribution in [0.2, 0.25) is 0 Å². The molecule has 4 fully saturated rings. The zero-order chi connectivity index (χ0) is 16.6. The summed E-state index contributed by atoms with van der Waals surface area (Å²) in [6.07, 6.45) is 11.8. The molecule has 4 aliphatic carbocycles. The Morgan fingerprint density at radius 3 is 2.58 bits per heavy atom. The number of carbonyl (C=O) groups excluding carboxylic acids is 1. The van der Waals surface area contributed by atoms with E-state index in [1.54, 1.807) is 18.0 Å². The molecule has 1 heterocycles. The Kier molecular flexibility index (Phi) is 4.24. The lowest BCUT2D eigenvalue weighted by atomic mass is 9.49. The average Bonchev–Trinajstić information content (AvgIpc) is 2.97. The minimum absolute atomic E-state index is 0.114. The Bertz CT molecular complexity index is 562. The van der Waals surface area contributed by atoms with Crippen LogP contribution in [0, 0.1) is 23.2 Å². The Morgan fingerprint density at radius 2 is 1.96 bits per heavy atom. The molecular weight excluding hydrogens is 304 g/mol. The first-order valence-electron chi connectivity index (χ1n) is 9.20. The molecule has 6 nitrogen and oxygen atoms in total. The van der Waals surface area contributed by atoms with Gasteiger partial charge in [-0.3, -0.25) is 4.68 Å². The van der Waals surface area contributed by atoms with Crippen molar-refractivity contribution in [3.63, 3.8) is 0 Å². The van der Waals surface area contributed by atoms with E-state index in [1.165, 1.54) is 38.5 Å². The molecule has 0 spiro atoms. The molecule has 24 heavy (non-hydrogen) atoms. The van der Waals surface area contributed by atoms with E-state index < -0.39 is 0 Å². The molecule has 0 unspecified atom stereocenters. The van der Waals surface area contributed by atoms with Crippen LogP contribution in [-0.4, -0.2) is 36.1 Å². The molecule has 1 aromatic heterocycles. The van der Waals surface area contributed by atoms with Gasteiger partial charge in [0.05, 0.1) is 25.0 Å². The maximum atomic E-state index is 12.2. The van der Waals surface area contributed by atoms with Gasteiger partial charge >= 0.3 is 6.03 Å². The molecule has 4 bridgehead atoms. The lowest BCUT2D eigenvalue weighted by Gasteiger charge is -2.56. The minimum atomic E-state index is -0.114. The van der Waals surface area contributed by atoms with Gasteiger partial charge in [0.1, 0.15) is 0 Å². The van der Waals surface area contributed by atoms with Crippen LogP contribution in [0.5, 0.6) is 0 Å². The summed E-state index contributed by atoms with van der Waals surface area (Å²) in [4.78, 5) is 12.2. The highest BCUT2D eigenvalue weighted by atomic mass is 16.5. The van der Waals surface area contributed by atoms with E-state index in [-0.39, 0.29) is 6.03 Å². The van der Waals surface area contributed by atoms with Gasteiger partial charge < -0.3 is 15.4 Å². The Balaban J connectivity index is 1.28. The van der Waals surface area contributed by atoms with E-state index in [2.05, 4.69) is 15.7 Å². The summed E-state index contributed by atoms with van der Waals surface area (Å²) >= 11 is 0. The number of urea groups is 1. The normalized spacial score (nSPS) is 33.6. The lowest BCUT2D eigenvalue weighted by molar-refractivity contribution is -0.0496. The molecule has 6 heteroatoms. The number of ether oxygens (including phenoxy) is 1. The summed E-state index contributed by atoms with van der Waals surface area (Å²) in [5.74, 6) is 2.75. The molecule has 4 aliphatic rings. The number of rotatable bonds is 6. The number of amides is 2. The Morgan fingerprint density at radius 1 is 1.29 bits per heavy atom. The number of methoxy groups -OCH3 is 1. The standard InChI is InChI=1S/C18H28N4O2/c1-24-3-2-22-11-16(10-20-22)21-17(23)19-12-18-7-13-4-14(8-18)6-15(5-13)9-18/h10-11,13-15H,2-9,12H2,1H3,(H2,19,21,23). The molecule has 2 amide bonds. The molecule has 0 aromatic carbocycles. The zero-order valence-electron chi connectivity index (χ0n) is 14.5. The quantitative estimate of drug-likeness (QED) is 0.842. The molecular formula is C18H28N4O2. The first-order valence-corrected chi connectivity index (χ1v) is 9.20. The van der Waals surface area contributed by atoms with E-state index in [4.69, 9.17) is 4.74 Å². The molecule has 1 aromatic rings. The lowest BCUT2D eigenvalue weighted by Crippen LogP contribution is -2.51. The summed E-state index contributed by atoms with van der Waals surface area (Å²) in [5.41, 5.74) is 1.10.